The number of piperazine rings is 1. The number of benzene rings is 2. The van der Waals surface area contributed by atoms with Crippen molar-refractivity contribution >= 4 is 35.1 Å². The van der Waals surface area contributed by atoms with E-state index in [4.69, 9.17) is 27.9 Å². The van der Waals surface area contributed by atoms with Gasteiger partial charge in [-0.05, 0) is 29.8 Å². The molecule has 3 rings (SSSR count). The van der Waals surface area contributed by atoms with Gasteiger partial charge in [-0.15, -0.1) is 0 Å². The lowest BCUT2D eigenvalue weighted by Crippen LogP contribution is -2.44. The molecule has 0 saturated carbocycles. The fourth-order valence-electron chi connectivity index (χ4n) is 2.68. The summed E-state index contributed by atoms with van der Waals surface area (Å²) < 4.78 is 5.44. The number of ether oxygens (including phenoxy) is 1. The van der Waals surface area contributed by atoms with Gasteiger partial charge < -0.3 is 9.64 Å². The first-order valence-corrected chi connectivity index (χ1v) is 8.55. The van der Waals surface area contributed by atoms with Crippen LogP contribution in [-0.2, 0) is 0 Å². The molecule has 24 heavy (non-hydrogen) atoms. The first-order valence-electron chi connectivity index (χ1n) is 7.79. The van der Waals surface area contributed by atoms with Gasteiger partial charge in [0, 0.05) is 13.1 Å². The summed E-state index contributed by atoms with van der Waals surface area (Å²) in [4.78, 5) is 2.32. The zero-order valence-electron chi connectivity index (χ0n) is 13.5. The number of halogens is 2. The Balaban J connectivity index is 1.60. The molecule has 1 aliphatic rings. The van der Waals surface area contributed by atoms with Gasteiger partial charge in [-0.3, -0.25) is 5.01 Å². The largest absolute Gasteiger partial charge is 0.495 e. The molecule has 2 aromatic rings. The molecule has 0 atom stereocenters. The summed E-state index contributed by atoms with van der Waals surface area (Å²) in [5.41, 5.74) is 2.07. The third-order valence-electron chi connectivity index (χ3n) is 4.00. The molecular weight excluding hydrogens is 345 g/mol. The van der Waals surface area contributed by atoms with Crippen LogP contribution in [0, 0.1) is 0 Å². The molecule has 1 saturated heterocycles. The zero-order valence-corrected chi connectivity index (χ0v) is 15.0. The SMILES string of the molecule is COc1ccccc1N1CCN(N=Cc2ccc(Cl)c(Cl)c2)CC1. The van der Waals surface area contributed by atoms with Crippen molar-refractivity contribution in [3.05, 3.63) is 58.1 Å². The molecule has 4 nitrogen and oxygen atoms in total. The van der Waals surface area contributed by atoms with Gasteiger partial charge in [0.05, 0.1) is 42.1 Å². The van der Waals surface area contributed by atoms with Crippen LogP contribution in [0.15, 0.2) is 47.6 Å². The molecule has 6 heteroatoms. The molecular formula is C18H19Cl2N3O. The van der Waals surface area contributed by atoms with Crippen molar-refractivity contribution in [2.75, 3.05) is 38.2 Å². The molecule has 0 spiro atoms. The second kappa shape index (κ2) is 7.77. The van der Waals surface area contributed by atoms with E-state index in [0.717, 1.165) is 43.2 Å². The fourth-order valence-corrected chi connectivity index (χ4v) is 2.99. The monoisotopic (exact) mass is 363 g/mol. The van der Waals surface area contributed by atoms with E-state index in [9.17, 15) is 0 Å². The number of hydrogen-bond acceptors (Lipinski definition) is 4. The number of para-hydroxylation sites is 2. The highest BCUT2D eigenvalue weighted by Gasteiger charge is 2.18. The highest BCUT2D eigenvalue weighted by molar-refractivity contribution is 6.42. The van der Waals surface area contributed by atoms with Gasteiger partial charge in [0.2, 0.25) is 0 Å². The van der Waals surface area contributed by atoms with E-state index in [1.165, 1.54) is 0 Å². The Bertz CT molecular complexity index is 728. The predicted molar refractivity (Wildman–Crippen MR) is 101 cm³/mol. The Labute approximate surface area is 152 Å². The summed E-state index contributed by atoms with van der Waals surface area (Å²) in [5.74, 6) is 0.908. The second-order valence-electron chi connectivity index (χ2n) is 5.53. The number of hydrogen-bond donors (Lipinski definition) is 0. The maximum atomic E-state index is 6.03. The van der Waals surface area contributed by atoms with Crippen LogP contribution in [0.25, 0.3) is 0 Å². The topological polar surface area (TPSA) is 28.1 Å². The van der Waals surface area contributed by atoms with Gasteiger partial charge in [-0.1, -0.05) is 41.4 Å². The fraction of sp³-hybridized carbons (Fsp3) is 0.278. The summed E-state index contributed by atoms with van der Waals surface area (Å²) in [5, 5.41) is 7.71. The van der Waals surface area contributed by atoms with Gasteiger partial charge in [0.1, 0.15) is 5.75 Å². The molecule has 0 amide bonds. The Hall–Kier alpha value is -1.91. The Morgan fingerprint density at radius 3 is 2.46 bits per heavy atom. The third-order valence-corrected chi connectivity index (χ3v) is 4.73. The molecule has 0 radical (unpaired) electrons. The minimum Gasteiger partial charge on any atom is -0.495 e. The van der Waals surface area contributed by atoms with E-state index in [1.54, 1.807) is 13.2 Å². The molecule has 0 aromatic heterocycles. The standard InChI is InChI=1S/C18H19Cl2N3O/c1-24-18-5-3-2-4-17(18)22-8-10-23(11-9-22)21-13-14-6-7-15(19)16(20)12-14/h2-7,12-13H,8-11H2,1H3. The lowest BCUT2D eigenvalue weighted by molar-refractivity contribution is 0.271. The molecule has 0 N–H and O–H groups in total. The smallest absolute Gasteiger partial charge is 0.142 e. The van der Waals surface area contributed by atoms with Crippen LogP contribution in [0.2, 0.25) is 10.0 Å². The van der Waals surface area contributed by atoms with E-state index in [-0.39, 0.29) is 0 Å². The number of hydrazone groups is 1. The van der Waals surface area contributed by atoms with Gasteiger partial charge in [0.15, 0.2) is 0 Å². The minimum atomic E-state index is 0.543. The quantitative estimate of drug-likeness (QED) is 0.763. The molecule has 1 aliphatic heterocycles. The van der Waals surface area contributed by atoms with Crippen molar-refractivity contribution in [3.63, 3.8) is 0 Å². The molecule has 1 fully saturated rings. The molecule has 126 valence electrons. The van der Waals surface area contributed by atoms with Crippen LogP contribution in [0.3, 0.4) is 0 Å². The summed E-state index contributed by atoms with van der Waals surface area (Å²) in [7, 11) is 1.70. The lowest BCUT2D eigenvalue weighted by Gasteiger charge is -2.35. The average molecular weight is 364 g/mol. The number of nitrogens with zero attached hydrogens (tertiary/aromatic N) is 3. The molecule has 0 bridgehead atoms. The van der Waals surface area contributed by atoms with Crippen LogP contribution >= 0.6 is 23.2 Å². The summed E-state index contributed by atoms with van der Waals surface area (Å²) >= 11 is 12.0. The molecule has 0 aliphatic carbocycles. The van der Waals surface area contributed by atoms with Crippen molar-refractivity contribution in [1.82, 2.24) is 5.01 Å². The van der Waals surface area contributed by atoms with E-state index in [2.05, 4.69) is 21.1 Å². The summed E-state index contributed by atoms with van der Waals surface area (Å²) in [6.45, 7) is 3.52. The molecule has 1 heterocycles. The van der Waals surface area contributed by atoms with E-state index < -0.39 is 0 Å². The van der Waals surface area contributed by atoms with Crippen LogP contribution in [0.1, 0.15) is 5.56 Å². The van der Waals surface area contributed by atoms with Gasteiger partial charge >= 0.3 is 0 Å². The van der Waals surface area contributed by atoms with Crippen LogP contribution in [0.4, 0.5) is 5.69 Å². The minimum absolute atomic E-state index is 0.543. The first kappa shape index (κ1) is 16.9. The highest BCUT2D eigenvalue weighted by atomic mass is 35.5. The van der Waals surface area contributed by atoms with E-state index in [1.807, 2.05) is 36.5 Å². The summed E-state index contributed by atoms with van der Waals surface area (Å²) in [6.07, 6.45) is 1.82. The number of anilines is 1. The van der Waals surface area contributed by atoms with Crippen molar-refractivity contribution in [3.8, 4) is 5.75 Å². The number of rotatable bonds is 4. The van der Waals surface area contributed by atoms with Crippen molar-refractivity contribution < 1.29 is 4.74 Å². The van der Waals surface area contributed by atoms with E-state index >= 15 is 0 Å². The molecule has 0 unspecified atom stereocenters. The Kier molecular flexibility index (Phi) is 5.48. The zero-order chi connectivity index (χ0) is 16.9. The normalized spacial score (nSPS) is 15.1. The van der Waals surface area contributed by atoms with Crippen molar-refractivity contribution in [2.24, 2.45) is 5.10 Å². The van der Waals surface area contributed by atoms with Gasteiger partial charge in [-0.25, -0.2) is 0 Å². The Morgan fingerprint density at radius 2 is 1.75 bits per heavy atom. The predicted octanol–water partition coefficient (Wildman–Crippen LogP) is 4.16. The van der Waals surface area contributed by atoms with Gasteiger partial charge in [0.25, 0.3) is 0 Å². The van der Waals surface area contributed by atoms with Crippen molar-refractivity contribution in [1.29, 1.82) is 0 Å². The third kappa shape index (κ3) is 3.94. The number of methoxy groups -OCH3 is 1. The molecule has 2 aromatic carbocycles. The van der Waals surface area contributed by atoms with Crippen LogP contribution in [-0.4, -0.2) is 44.5 Å². The van der Waals surface area contributed by atoms with Crippen molar-refractivity contribution in [2.45, 2.75) is 0 Å². The first-order chi connectivity index (χ1) is 11.7. The maximum Gasteiger partial charge on any atom is 0.142 e. The highest BCUT2D eigenvalue weighted by Crippen LogP contribution is 2.28. The average Bonchev–Trinajstić information content (AvgIpc) is 2.63. The van der Waals surface area contributed by atoms with Gasteiger partial charge in [-0.2, -0.15) is 5.10 Å². The van der Waals surface area contributed by atoms with Crippen LogP contribution in [0.5, 0.6) is 5.75 Å². The second-order valence-corrected chi connectivity index (χ2v) is 6.35. The maximum absolute atomic E-state index is 6.03. The van der Waals surface area contributed by atoms with E-state index in [0.29, 0.717) is 10.0 Å². The summed E-state index contributed by atoms with van der Waals surface area (Å²) in [6, 6.07) is 13.6. The van der Waals surface area contributed by atoms with Crippen LogP contribution < -0.4 is 9.64 Å². The Morgan fingerprint density at radius 1 is 1.00 bits per heavy atom. The lowest BCUT2D eigenvalue weighted by atomic mass is 10.2.